The number of hydrogen-bond acceptors (Lipinski definition) is 9. The molecule has 0 atom stereocenters. The summed E-state index contributed by atoms with van der Waals surface area (Å²) < 4.78 is 41.4. The molecule has 0 bridgehead atoms. The van der Waals surface area contributed by atoms with Gasteiger partial charge in [-0.2, -0.15) is 0 Å². The lowest BCUT2D eigenvalue weighted by molar-refractivity contribution is 0.524. The van der Waals surface area contributed by atoms with E-state index in [-0.39, 0.29) is 56.2 Å². The van der Waals surface area contributed by atoms with Crippen LogP contribution in [0.4, 0.5) is 36.4 Å². The first-order valence-corrected chi connectivity index (χ1v) is 25.2. The number of aromatic nitrogens is 4. The molecule has 0 aliphatic heterocycles. The second-order valence-electron chi connectivity index (χ2n) is 24.1. The van der Waals surface area contributed by atoms with Gasteiger partial charge in [0.2, 0.25) is 0 Å². The highest BCUT2D eigenvalue weighted by atomic mass is 19.1. The van der Waals surface area contributed by atoms with Gasteiger partial charge in [0.1, 0.15) is 46.6 Å². The predicted molar refractivity (Wildman–Crippen MR) is 315 cm³/mol. The topological polar surface area (TPSA) is 206 Å². The second kappa shape index (κ2) is 23.0. The van der Waals surface area contributed by atoms with Gasteiger partial charge in [-0.1, -0.05) is 165 Å². The highest BCUT2D eigenvalue weighted by Gasteiger charge is 2.21. The summed E-state index contributed by atoms with van der Waals surface area (Å²) in [6.07, 6.45) is 6.17. The smallest absolute Gasteiger partial charge is 0.149 e. The van der Waals surface area contributed by atoms with E-state index in [9.17, 15) is 13.2 Å². The van der Waals surface area contributed by atoms with Gasteiger partial charge < -0.3 is 28.7 Å². The fraction of sp³-hybridized carbons (Fsp3) is 0.317. The standard InChI is InChI=1S/3C13H15FN2.C13H16N2.C11H16N2/c1-13(2,3)10-6-8-4-5-16-12(15)9(8)7-11(10)14;1-13(2,3)9-6-8-4-5-16-12(15)11(8)10(14)7-9;1-13(2,3)8-4-5-9-10(6-8)11(14)7-16-12(9)15;1-13(2,3)10-4-5-11-9(8-10)6-7-15-12(11)14;1-11(2,3)9-6-4-8(5-7-9)10(12)13/h3*4-7H,1-3H3,(H2,15,16);4-8H,1-3H3,(H2,14,15);4-7H,1-3H3,(H3,12,13). The third-order valence-electron chi connectivity index (χ3n) is 12.9. The van der Waals surface area contributed by atoms with Gasteiger partial charge in [-0.3, -0.25) is 5.41 Å². The van der Waals surface area contributed by atoms with E-state index in [1.165, 1.54) is 23.4 Å². The van der Waals surface area contributed by atoms with Gasteiger partial charge in [0.25, 0.3) is 0 Å². The first-order valence-electron chi connectivity index (χ1n) is 25.2. The molecule has 0 aliphatic rings. The minimum absolute atomic E-state index is 0.00133. The van der Waals surface area contributed by atoms with Crippen molar-refractivity contribution in [2.75, 3.05) is 22.9 Å². The quantitative estimate of drug-likeness (QED) is 0.0682. The number of rotatable bonds is 1. The minimum atomic E-state index is -0.324. The highest BCUT2D eigenvalue weighted by molar-refractivity contribution is 5.95. The Kier molecular flexibility index (Phi) is 17.9. The summed E-state index contributed by atoms with van der Waals surface area (Å²) in [5, 5.41) is 13.5. The summed E-state index contributed by atoms with van der Waals surface area (Å²) in [5.74, 6) is 0.876. The van der Waals surface area contributed by atoms with Crippen molar-refractivity contribution < 1.29 is 13.2 Å². The van der Waals surface area contributed by atoms with Crippen molar-refractivity contribution in [1.82, 2.24) is 19.9 Å². The van der Waals surface area contributed by atoms with Crippen molar-refractivity contribution in [2.45, 2.75) is 131 Å². The molecule has 0 spiro atoms. The van der Waals surface area contributed by atoms with Gasteiger partial charge >= 0.3 is 0 Å². The van der Waals surface area contributed by atoms with E-state index in [1.807, 2.05) is 87.5 Å². The zero-order chi connectivity index (χ0) is 56.9. The van der Waals surface area contributed by atoms with Crippen LogP contribution in [0.25, 0.3) is 43.1 Å². The summed E-state index contributed by atoms with van der Waals surface area (Å²) in [5.41, 5.74) is 34.4. The summed E-state index contributed by atoms with van der Waals surface area (Å²) in [6, 6.07) is 32.3. The molecule has 76 heavy (non-hydrogen) atoms. The fourth-order valence-electron chi connectivity index (χ4n) is 8.03. The number of nitrogens with two attached hydrogens (primary N) is 5. The number of amidine groups is 1. The summed E-state index contributed by atoms with van der Waals surface area (Å²) in [4.78, 5) is 15.7. The van der Waals surface area contributed by atoms with E-state index in [0.717, 1.165) is 38.2 Å². The van der Waals surface area contributed by atoms with E-state index < -0.39 is 0 Å². The van der Waals surface area contributed by atoms with E-state index in [2.05, 4.69) is 121 Å². The number of nitrogens with one attached hydrogen (secondary N) is 1. The molecule has 0 fully saturated rings. The molecule has 0 saturated heterocycles. The van der Waals surface area contributed by atoms with Crippen molar-refractivity contribution >= 4 is 72.2 Å². The molecule has 0 radical (unpaired) electrons. The number of pyridine rings is 4. The average Bonchev–Trinajstić information content (AvgIpc) is 3.32. The van der Waals surface area contributed by atoms with Crippen molar-refractivity contribution in [3.63, 3.8) is 0 Å². The Morgan fingerprint density at radius 3 is 1.33 bits per heavy atom. The zero-order valence-electron chi connectivity index (χ0n) is 46.9. The molecule has 11 N–H and O–H groups in total. The lowest BCUT2D eigenvalue weighted by atomic mass is 9.85. The van der Waals surface area contributed by atoms with Crippen molar-refractivity contribution in [2.24, 2.45) is 5.73 Å². The van der Waals surface area contributed by atoms with E-state index in [0.29, 0.717) is 44.6 Å². The van der Waals surface area contributed by atoms with Crippen LogP contribution in [0.15, 0.2) is 128 Å². The Balaban J connectivity index is 0.000000176. The molecule has 0 amide bonds. The lowest BCUT2D eigenvalue weighted by Crippen LogP contribution is -2.13. The van der Waals surface area contributed by atoms with E-state index >= 15 is 0 Å². The first kappa shape index (κ1) is 59.1. The third-order valence-corrected chi connectivity index (χ3v) is 12.9. The largest absolute Gasteiger partial charge is 0.384 e. The third kappa shape index (κ3) is 15.0. The number of anilines is 4. The normalized spacial score (nSPS) is 11.9. The lowest BCUT2D eigenvalue weighted by Gasteiger charge is -2.20. The van der Waals surface area contributed by atoms with E-state index in [1.54, 1.807) is 30.7 Å². The Bertz CT molecular complexity index is 3500. The minimum Gasteiger partial charge on any atom is -0.384 e. The van der Waals surface area contributed by atoms with Crippen LogP contribution in [0.2, 0.25) is 0 Å². The molecule has 4 heterocycles. The highest BCUT2D eigenvalue weighted by Crippen LogP contribution is 2.33. The van der Waals surface area contributed by atoms with Gasteiger partial charge in [-0.05, 0) is 114 Å². The van der Waals surface area contributed by atoms with Gasteiger partial charge in [0.05, 0.1) is 11.6 Å². The number of halogens is 3. The van der Waals surface area contributed by atoms with Crippen LogP contribution in [0, 0.1) is 22.9 Å². The van der Waals surface area contributed by atoms with Gasteiger partial charge in [-0.15, -0.1) is 0 Å². The number of hydrogen-bond donors (Lipinski definition) is 6. The van der Waals surface area contributed by atoms with Crippen LogP contribution in [0.5, 0.6) is 0 Å². The molecule has 10 nitrogen and oxygen atoms in total. The predicted octanol–water partition coefficient (Wildman–Crippen LogP) is 15.1. The summed E-state index contributed by atoms with van der Waals surface area (Å²) in [7, 11) is 0. The SMILES string of the molecule is CC(C)(C)c1cc(F)c2c(N)nccc2c1.CC(C)(C)c1cc2ccnc(N)c2cc1F.CC(C)(C)c1ccc(C(=N)N)cc1.CC(C)(C)c1ccc2c(N)ncc(F)c2c1.CC(C)(C)c1ccc2c(N)nccc2c1. The molecular weight excluding hydrogens is 954 g/mol. The number of nitrogen functional groups attached to an aromatic ring is 5. The van der Waals surface area contributed by atoms with Crippen LogP contribution < -0.4 is 28.7 Å². The van der Waals surface area contributed by atoms with Crippen molar-refractivity contribution in [1.29, 1.82) is 5.41 Å². The number of fused-ring (bicyclic) bond motifs is 4. The Morgan fingerprint density at radius 1 is 0.382 bits per heavy atom. The molecule has 0 aliphatic carbocycles. The second-order valence-corrected chi connectivity index (χ2v) is 24.1. The molecule has 0 unspecified atom stereocenters. The fourth-order valence-corrected chi connectivity index (χ4v) is 8.03. The Morgan fingerprint density at radius 2 is 0.816 bits per heavy atom. The maximum atomic E-state index is 13.9. The Labute approximate surface area is 447 Å². The monoisotopic (exact) mass is 1030 g/mol. The maximum Gasteiger partial charge on any atom is 0.149 e. The van der Waals surface area contributed by atoms with E-state index in [4.69, 9.17) is 34.1 Å². The van der Waals surface area contributed by atoms with Crippen LogP contribution >= 0.6 is 0 Å². The van der Waals surface area contributed by atoms with Gasteiger partial charge in [0, 0.05) is 45.7 Å². The molecule has 0 saturated carbocycles. The van der Waals surface area contributed by atoms with Crippen LogP contribution in [-0.4, -0.2) is 25.8 Å². The molecule has 4 aromatic heterocycles. The zero-order valence-corrected chi connectivity index (χ0v) is 46.9. The molecule has 5 aromatic carbocycles. The molecule has 13 heteroatoms. The van der Waals surface area contributed by atoms with Crippen LogP contribution in [0.3, 0.4) is 0 Å². The molecule has 9 aromatic rings. The van der Waals surface area contributed by atoms with Crippen molar-refractivity contribution in [3.8, 4) is 0 Å². The average molecular weight is 1030 g/mol. The Hall–Kier alpha value is -7.80. The van der Waals surface area contributed by atoms with Gasteiger partial charge in [0.15, 0.2) is 0 Å². The maximum absolute atomic E-state index is 13.9. The summed E-state index contributed by atoms with van der Waals surface area (Å²) in [6.45, 7) is 31.5. The first-order chi connectivity index (χ1) is 35.1. The molecule has 9 rings (SSSR count). The molecule has 400 valence electrons. The number of nitrogens with zero attached hydrogens (tertiary/aromatic N) is 4. The van der Waals surface area contributed by atoms with Gasteiger partial charge in [-0.25, -0.2) is 33.1 Å². The van der Waals surface area contributed by atoms with Crippen LogP contribution in [0.1, 0.15) is 137 Å². The van der Waals surface area contributed by atoms with Crippen molar-refractivity contribution in [3.05, 3.63) is 179 Å². The molecular formula is C63H77F3N10. The summed E-state index contributed by atoms with van der Waals surface area (Å²) >= 11 is 0. The number of benzene rings is 5. The van der Waals surface area contributed by atoms with Crippen LogP contribution in [-0.2, 0) is 27.1 Å².